The fourth-order valence-corrected chi connectivity index (χ4v) is 3.47. The number of carbonyl (C=O) groups is 2. The molecule has 2 amide bonds. The first kappa shape index (κ1) is 17.6. The van der Waals surface area contributed by atoms with Crippen molar-refractivity contribution in [3.05, 3.63) is 18.1 Å². The quantitative estimate of drug-likeness (QED) is 0.851. The van der Waals surface area contributed by atoms with Crippen molar-refractivity contribution < 1.29 is 9.59 Å². The summed E-state index contributed by atoms with van der Waals surface area (Å²) in [5.41, 5.74) is 0.516. The maximum absolute atomic E-state index is 12.7. The second kappa shape index (κ2) is 7.37. The monoisotopic (exact) mass is 345 g/mol. The lowest BCUT2D eigenvalue weighted by Crippen LogP contribution is -2.55. The van der Waals surface area contributed by atoms with Gasteiger partial charge in [-0.2, -0.15) is 0 Å². The van der Waals surface area contributed by atoms with Crippen LogP contribution < -0.4 is 15.5 Å². The third-order valence-corrected chi connectivity index (χ3v) is 5.28. The Morgan fingerprint density at radius 1 is 1.48 bits per heavy atom. The van der Waals surface area contributed by atoms with E-state index in [1.165, 1.54) is 0 Å². The average Bonchev–Trinajstić information content (AvgIpc) is 2.64. The van der Waals surface area contributed by atoms with Crippen molar-refractivity contribution >= 4 is 17.6 Å². The predicted octanol–water partition coefficient (Wildman–Crippen LogP) is 1.04. The number of anilines is 1. The highest BCUT2D eigenvalue weighted by Crippen LogP contribution is 2.27. The first-order valence-electron chi connectivity index (χ1n) is 9.14. The molecule has 2 aliphatic rings. The van der Waals surface area contributed by atoms with Gasteiger partial charge in [0.15, 0.2) is 0 Å². The third-order valence-electron chi connectivity index (χ3n) is 5.28. The van der Waals surface area contributed by atoms with E-state index in [0.29, 0.717) is 19.4 Å². The molecule has 136 valence electrons. The van der Waals surface area contributed by atoms with Gasteiger partial charge in [0.25, 0.3) is 0 Å². The fraction of sp³-hybridized carbons (Fsp3) is 0.667. The molecule has 0 spiro atoms. The topological polar surface area (TPSA) is 87.2 Å². The van der Waals surface area contributed by atoms with Gasteiger partial charge in [-0.15, -0.1) is 0 Å². The zero-order valence-corrected chi connectivity index (χ0v) is 15.0. The lowest BCUT2D eigenvalue weighted by atomic mass is 9.81. The molecule has 7 nitrogen and oxygen atoms in total. The lowest BCUT2D eigenvalue weighted by Gasteiger charge is -2.37. The molecule has 0 bridgehead atoms. The Hall–Kier alpha value is -2.18. The van der Waals surface area contributed by atoms with Gasteiger partial charge in [0.05, 0.1) is 5.41 Å². The Morgan fingerprint density at radius 2 is 2.32 bits per heavy atom. The van der Waals surface area contributed by atoms with Crippen LogP contribution in [-0.2, 0) is 16.0 Å². The molecule has 0 radical (unpaired) electrons. The Balaban J connectivity index is 1.61. The molecular weight excluding hydrogens is 318 g/mol. The number of piperidine rings is 2. The smallest absolute Gasteiger partial charge is 0.228 e. The maximum atomic E-state index is 12.7. The highest BCUT2D eigenvalue weighted by atomic mass is 16.2. The van der Waals surface area contributed by atoms with E-state index in [1.54, 1.807) is 6.33 Å². The van der Waals surface area contributed by atoms with Crippen molar-refractivity contribution in [3.8, 4) is 0 Å². The summed E-state index contributed by atoms with van der Waals surface area (Å²) in [6.07, 6.45) is 5.50. The minimum absolute atomic E-state index is 0.0320. The second-order valence-corrected chi connectivity index (χ2v) is 7.32. The number of aryl methyl sites for hydroxylation is 1. The zero-order valence-electron chi connectivity index (χ0n) is 15.0. The number of carbonyl (C=O) groups excluding carboxylic acids is 2. The summed E-state index contributed by atoms with van der Waals surface area (Å²) in [4.78, 5) is 35.0. The van der Waals surface area contributed by atoms with Gasteiger partial charge in [-0.1, -0.05) is 6.92 Å². The molecule has 2 N–H and O–H groups in total. The van der Waals surface area contributed by atoms with Gasteiger partial charge >= 0.3 is 0 Å². The highest BCUT2D eigenvalue weighted by Gasteiger charge is 2.38. The standard InChI is InChI=1S/C18H27N5O2/c1-3-13-9-15(21-12-20-13)23-8-4-5-14(10-23)22-17(25)18(2)7-6-16(24)19-11-18/h9,12,14H,3-8,10-11H2,1-2H3,(H,19,24)(H,22,25)/t14-,18-/m1/s1. The normalized spacial score (nSPS) is 26.9. The number of aromatic nitrogens is 2. The van der Waals surface area contributed by atoms with Gasteiger partial charge in [0, 0.05) is 43.9 Å². The van der Waals surface area contributed by atoms with E-state index in [9.17, 15) is 9.59 Å². The fourth-order valence-electron chi connectivity index (χ4n) is 3.47. The minimum atomic E-state index is -0.513. The van der Waals surface area contributed by atoms with E-state index in [-0.39, 0.29) is 17.9 Å². The summed E-state index contributed by atoms with van der Waals surface area (Å²) < 4.78 is 0. The van der Waals surface area contributed by atoms with Gasteiger partial charge in [-0.3, -0.25) is 9.59 Å². The predicted molar refractivity (Wildman–Crippen MR) is 95.1 cm³/mol. The lowest BCUT2D eigenvalue weighted by molar-refractivity contribution is -0.135. The van der Waals surface area contributed by atoms with Crippen molar-refractivity contribution in [1.82, 2.24) is 20.6 Å². The molecule has 1 aromatic heterocycles. The van der Waals surface area contributed by atoms with Gasteiger partial charge in [0.1, 0.15) is 12.1 Å². The summed E-state index contributed by atoms with van der Waals surface area (Å²) in [5.74, 6) is 1.00. The van der Waals surface area contributed by atoms with Crippen LogP contribution in [0.25, 0.3) is 0 Å². The number of hydrogen-bond donors (Lipinski definition) is 2. The van der Waals surface area contributed by atoms with Crippen LogP contribution in [0.1, 0.15) is 45.2 Å². The summed E-state index contributed by atoms with van der Waals surface area (Å²) in [5, 5.41) is 6.01. The van der Waals surface area contributed by atoms with Crippen molar-refractivity contribution in [3.63, 3.8) is 0 Å². The SMILES string of the molecule is CCc1cc(N2CCC[C@@H](NC(=O)[C@]3(C)CCC(=O)NC3)C2)ncn1. The molecular formula is C18H27N5O2. The van der Waals surface area contributed by atoms with Crippen LogP contribution in [0.4, 0.5) is 5.82 Å². The second-order valence-electron chi connectivity index (χ2n) is 7.32. The molecule has 2 saturated heterocycles. The molecule has 2 atom stereocenters. The third kappa shape index (κ3) is 4.08. The van der Waals surface area contributed by atoms with Crippen molar-refractivity contribution in [2.75, 3.05) is 24.5 Å². The largest absolute Gasteiger partial charge is 0.355 e. The average molecular weight is 345 g/mol. The van der Waals surface area contributed by atoms with E-state index in [1.807, 2.05) is 13.0 Å². The summed E-state index contributed by atoms with van der Waals surface area (Å²) >= 11 is 0. The van der Waals surface area contributed by atoms with E-state index < -0.39 is 5.41 Å². The van der Waals surface area contributed by atoms with E-state index in [0.717, 1.165) is 43.9 Å². The maximum Gasteiger partial charge on any atom is 0.228 e. The number of hydrogen-bond acceptors (Lipinski definition) is 5. The van der Waals surface area contributed by atoms with Crippen molar-refractivity contribution in [2.24, 2.45) is 5.41 Å². The van der Waals surface area contributed by atoms with Gasteiger partial charge in [-0.05, 0) is 32.6 Å². The summed E-state index contributed by atoms with van der Waals surface area (Å²) in [7, 11) is 0. The Bertz CT molecular complexity index is 638. The van der Waals surface area contributed by atoms with Crippen LogP contribution in [0.15, 0.2) is 12.4 Å². The van der Waals surface area contributed by atoms with Crippen LogP contribution in [0.3, 0.4) is 0 Å². The molecule has 0 saturated carbocycles. The molecule has 0 aromatic carbocycles. The van der Waals surface area contributed by atoms with Crippen LogP contribution >= 0.6 is 0 Å². The van der Waals surface area contributed by atoms with E-state index in [2.05, 4.69) is 32.4 Å². The van der Waals surface area contributed by atoms with Crippen molar-refractivity contribution in [1.29, 1.82) is 0 Å². The number of nitrogens with one attached hydrogen (secondary N) is 2. The van der Waals surface area contributed by atoms with Crippen LogP contribution in [0.2, 0.25) is 0 Å². The minimum Gasteiger partial charge on any atom is -0.355 e. The summed E-state index contributed by atoms with van der Waals surface area (Å²) in [6.45, 7) is 6.13. The van der Waals surface area contributed by atoms with Gasteiger partial charge < -0.3 is 15.5 Å². The Kier molecular flexibility index (Phi) is 5.20. The van der Waals surface area contributed by atoms with Crippen molar-refractivity contribution in [2.45, 2.75) is 52.0 Å². The van der Waals surface area contributed by atoms with E-state index in [4.69, 9.17) is 0 Å². The van der Waals surface area contributed by atoms with Crippen LogP contribution in [0, 0.1) is 5.41 Å². The molecule has 2 aliphatic heterocycles. The highest BCUT2D eigenvalue weighted by molar-refractivity contribution is 5.86. The number of nitrogens with zero attached hydrogens (tertiary/aromatic N) is 3. The number of amides is 2. The molecule has 1 aromatic rings. The molecule has 3 heterocycles. The Morgan fingerprint density at radius 3 is 3.04 bits per heavy atom. The first-order chi connectivity index (χ1) is 12.0. The van der Waals surface area contributed by atoms with E-state index >= 15 is 0 Å². The molecule has 0 unspecified atom stereocenters. The molecule has 0 aliphatic carbocycles. The molecule has 25 heavy (non-hydrogen) atoms. The molecule has 3 rings (SSSR count). The zero-order chi connectivity index (χ0) is 17.9. The van der Waals surface area contributed by atoms with Crippen LogP contribution in [-0.4, -0.2) is 47.5 Å². The number of rotatable bonds is 4. The molecule has 7 heteroatoms. The Labute approximate surface area is 148 Å². The van der Waals surface area contributed by atoms with Crippen LogP contribution in [0.5, 0.6) is 0 Å². The van der Waals surface area contributed by atoms with Gasteiger partial charge in [-0.25, -0.2) is 9.97 Å². The molecule has 2 fully saturated rings. The first-order valence-corrected chi connectivity index (χ1v) is 9.14. The van der Waals surface area contributed by atoms with Gasteiger partial charge in [0.2, 0.25) is 11.8 Å². The summed E-state index contributed by atoms with van der Waals surface area (Å²) in [6, 6.07) is 2.14.